The summed E-state index contributed by atoms with van der Waals surface area (Å²) in [6.45, 7) is 0. The highest BCUT2D eigenvalue weighted by Gasteiger charge is 2.02. The summed E-state index contributed by atoms with van der Waals surface area (Å²) >= 11 is 5.93. The third-order valence-electron chi connectivity index (χ3n) is 2.24. The van der Waals surface area contributed by atoms with E-state index in [0.717, 1.165) is 16.4 Å². The van der Waals surface area contributed by atoms with E-state index in [1.165, 1.54) is 0 Å². The second-order valence-electron chi connectivity index (χ2n) is 3.11. The van der Waals surface area contributed by atoms with Crippen LogP contribution in [0.25, 0.3) is 16.4 Å². The lowest BCUT2D eigenvalue weighted by molar-refractivity contribution is 1.10. The molecule has 0 saturated heterocycles. The molecule has 3 aromatic rings. The van der Waals surface area contributed by atoms with E-state index in [1.54, 1.807) is 6.33 Å². The Kier molecular flexibility index (Phi) is 1.49. The maximum atomic E-state index is 5.93. The average Bonchev–Trinajstić information content (AvgIpc) is 2.65. The minimum absolute atomic E-state index is 0.716. The van der Waals surface area contributed by atoms with Crippen molar-refractivity contribution in [3.63, 3.8) is 0 Å². The van der Waals surface area contributed by atoms with E-state index < -0.39 is 0 Å². The second kappa shape index (κ2) is 2.69. The number of nitrogens with zero attached hydrogens (tertiary/aromatic N) is 3. The molecule has 0 aliphatic carbocycles. The zero-order valence-electron chi connectivity index (χ0n) is 7.18. The predicted octanol–water partition coefficient (Wildman–Crippen LogP) is 2.54. The molecule has 0 amide bonds. The SMILES string of the molecule is Clc1ccc2ccn3cnnc3c2c1. The van der Waals surface area contributed by atoms with E-state index in [1.807, 2.05) is 34.9 Å². The summed E-state index contributed by atoms with van der Waals surface area (Å²) < 4.78 is 1.87. The van der Waals surface area contributed by atoms with Crippen LogP contribution in [-0.4, -0.2) is 14.6 Å². The summed E-state index contributed by atoms with van der Waals surface area (Å²) in [6, 6.07) is 7.77. The number of pyridine rings is 1. The summed E-state index contributed by atoms with van der Waals surface area (Å²) in [7, 11) is 0. The first-order valence-electron chi connectivity index (χ1n) is 4.22. The van der Waals surface area contributed by atoms with E-state index in [9.17, 15) is 0 Å². The smallest absolute Gasteiger partial charge is 0.168 e. The summed E-state index contributed by atoms with van der Waals surface area (Å²) in [5, 5.41) is 10.8. The molecule has 0 atom stereocenters. The lowest BCUT2D eigenvalue weighted by Gasteiger charge is -1.99. The number of fused-ring (bicyclic) bond motifs is 3. The molecule has 0 fully saturated rings. The summed E-state index contributed by atoms with van der Waals surface area (Å²) in [5.74, 6) is 0. The number of aromatic nitrogens is 3. The highest BCUT2D eigenvalue weighted by molar-refractivity contribution is 6.31. The van der Waals surface area contributed by atoms with Gasteiger partial charge >= 0.3 is 0 Å². The van der Waals surface area contributed by atoms with Crippen LogP contribution in [0.3, 0.4) is 0 Å². The van der Waals surface area contributed by atoms with E-state index in [2.05, 4.69) is 10.2 Å². The van der Waals surface area contributed by atoms with Crippen molar-refractivity contribution in [2.24, 2.45) is 0 Å². The quantitative estimate of drug-likeness (QED) is 0.562. The molecular weight excluding hydrogens is 198 g/mol. The van der Waals surface area contributed by atoms with Crippen LogP contribution in [0.15, 0.2) is 36.8 Å². The van der Waals surface area contributed by atoms with Crippen LogP contribution in [-0.2, 0) is 0 Å². The van der Waals surface area contributed by atoms with E-state index in [4.69, 9.17) is 11.6 Å². The highest BCUT2D eigenvalue weighted by atomic mass is 35.5. The van der Waals surface area contributed by atoms with Gasteiger partial charge in [0.25, 0.3) is 0 Å². The van der Waals surface area contributed by atoms with Gasteiger partial charge in [0, 0.05) is 16.6 Å². The minimum Gasteiger partial charge on any atom is -0.289 e. The monoisotopic (exact) mass is 203 g/mol. The van der Waals surface area contributed by atoms with Crippen molar-refractivity contribution < 1.29 is 0 Å². The highest BCUT2D eigenvalue weighted by Crippen LogP contribution is 2.21. The Labute approximate surface area is 84.9 Å². The van der Waals surface area contributed by atoms with Crippen LogP contribution in [0, 0.1) is 0 Å². The Balaban J connectivity index is 2.60. The number of hydrogen-bond acceptors (Lipinski definition) is 2. The molecule has 0 unspecified atom stereocenters. The first-order chi connectivity index (χ1) is 6.84. The molecule has 0 aliphatic heterocycles. The van der Waals surface area contributed by atoms with Gasteiger partial charge in [-0.2, -0.15) is 0 Å². The molecule has 2 aromatic heterocycles. The molecule has 0 aliphatic rings. The Morgan fingerprint density at radius 3 is 3.07 bits per heavy atom. The van der Waals surface area contributed by atoms with Crippen LogP contribution < -0.4 is 0 Å². The number of halogens is 1. The molecule has 2 heterocycles. The maximum absolute atomic E-state index is 5.93. The van der Waals surface area contributed by atoms with Gasteiger partial charge in [0.2, 0.25) is 0 Å². The third-order valence-corrected chi connectivity index (χ3v) is 2.48. The molecule has 3 rings (SSSR count). The van der Waals surface area contributed by atoms with Crippen molar-refractivity contribution in [1.29, 1.82) is 0 Å². The maximum Gasteiger partial charge on any atom is 0.168 e. The summed E-state index contributed by atoms with van der Waals surface area (Å²) in [5.41, 5.74) is 0.838. The molecule has 0 bridgehead atoms. The molecule has 14 heavy (non-hydrogen) atoms. The van der Waals surface area contributed by atoms with Crippen molar-refractivity contribution in [1.82, 2.24) is 14.6 Å². The van der Waals surface area contributed by atoms with Gasteiger partial charge in [-0.05, 0) is 23.6 Å². The average molecular weight is 204 g/mol. The zero-order valence-corrected chi connectivity index (χ0v) is 7.94. The zero-order chi connectivity index (χ0) is 9.54. The fourth-order valence-corrected chi connectivity index (χ4v) is 1.74. The molecular formula is C10H6ClN3. The lowest BCUT2D eigenvalue weighted by atomic mass is 10.2. The normalized spacial score (nSPS) is 11.2. The largest absolute Gasteiger partial charge is 0.289 e. The van der Waals surface area contributed by atoms with Gasteiger partial charge in [0.05, 0.1) is 0 Å². The Morgan fingerprint density at radius 1 is 1.21 bits per heavy atom. The van der Waals surface area contributed by atoms with Gasteiger partial charge < -0.3 is 0 Å². The van der Waals surface area contributed by atoms with Crippen molar-refractivity contribution in [2.75, 3.05) is 0 Å². The topological polar surface area (TPSA) is 30.2 Å². The van der Waals surface area contributed by atoms with Gasteiger partial charge in [-0.1, -0.05) is 17.7 Å². The lowest BCUT2D eigenvalue weighted by Crippen LogP contribution is -1.84. The molecule has 0 spiro atoms. The Bertz CT molecular complexity index is 615. The molecule has 0 radical (unpaired) electrons. The van der Waals surface area contributed by atoms with Gasteiger partial charge in [-0.3, -0.25) is 4.40 Å². The van der Waals surface area contributed by atoms with Gasteiger partial charge in [-0.25, -0.2) is 0 Å². The van der Waals surface area contributed by atoms with Crippen molar-refractivity contribution in [3.8, 4) is 0 Å². The number of benzene rings is 1. The number of hydrogen-bond donors (Lipinski definition) is 0. The Morgan fingerprint density at radius 2 is 2.14 bits per heavy atom. The van der Waals surface area contributed by atoms with E-state index in [-0.39, 0.29) is 0 Å². The fourth-order valence-electron chi connectivity index (χ4n) is 1.57. The van der Waals surface area contributed by atoms with Gasteiger partial charge in [-0.15, -0.1) is 10.2 Å². The molecule has 3 nitrogen and oxygen atoms in total. The van der Waals surface area contributed by atoms with Crippen molar-refractivity contribution >= 4 is 28.0 Å². The third kappa shape index (κ3) is 0.992. The fraction of sp³-hybridized carbons (Fsp3) is 0. The Hall–Kier alpha value is -1.61. The second-order valence-corrected chi connectivity index (χ2v) is 3.55. The van der Waals surface area contributed by atoms with Gasteiger partial charge in [0.15, 0.2) is 5.65 Å². The summed E-state index contributed by atoms with van der Waals surface area (Å²) in [4.78, 5) is 0. The van der Waals surface area contributed by atoms with Crippen molar-refractivity contribution in [2.45, 2.75) is 0 Å². The van der Waals surface area contributed by atoms with E-state index in [0.29, 0.717) is 5.02 Å². The van der Waals surface area contributed by atoms with Crippen molar-refractivity contribution in [3.05, 3.63) is 41.8 Å². The number of rotatable bonds is 0. The molecule has 0 saturated carbocycles. The molecule has 0 N–H and O–H groups in total. The van der Waals surface area contributed by atoms with Crippen LogP contribution in [0.5, 0.6) is 0 Å². The van der Waals surface area contributed by atoms with E-state index >= 15 is 0 Å². The van der Waals surface area contributed by atoms with Crippen LogP contribution in [0.4, 0.5) is 0 Å². The summed E-state index contributed by atoms with van der Waals surface area (Å²) in [6.07, 6.45) is 3.61. The minimum atomic E-state index is 0.716. The van der Waals surface area contributed by atoms with Crippen LogP contribution in [0.1, 0.15) is 0 Å². The first-order valence-corrected chi connectivity index (χ1v) is 4.60. The predicted molar refractivity (Wildman–Crippen MR) is 55.5 cm³/mol. The standard InChI is InChI=1S/C10H6ClN3/c11-8-2-1-7-3-4-14-6-12-13-10(14)9(7)5-8/h1-6H. The molecule has 1 aromatic carbocycles. The molecule has 68 valence electrons. The molecule has 4 heteroatoms. The van der Waals surface area contributed by atoms with Crippen LogP contribution in [0.2, 0.25) is 5.02 Å². The first kappa shape index (κ1) is 7.76. The van der Waals surface area contributed by atoms with Gasteiger partial charge in [0.1, 0.15) is 6.33 Å². The van der Waals surface area contributed by atoms with Crippen LogP contribution >= 0.6 is 11.6 Å².